The molecule has 1 aromatic rings. The van der Waals surface area contributed by atoms with Gasteiger partial charge in [0.25, 0.3) is 0 Å². The molecule has 3 heterocycles. The summed E-state index contributed by atoms with van der Waals surface area (Å²) >= 11 is 0. The lowest BCUT2D eigenvalue weighted by atomic mass is 10.0. The van der Waals surface area contributed by atoms with Gasteiger partial charge in [-0.3, -0.25) is 4.79 Å². The van der Waals surface area contributed by atoms with Gasteiger partial charge in [0.1, 0.15) is 0 Å². The molecule has 0 radical (unpaired) electrons. The van der Waals surface area contributed by atoms with Crippen molar-refractivity contribution in [2.45, 2.75) is 38.3 Å². The Kier molecular flexibility index (Phi) is 4.34. The number of nitrogens with one attached hydrogen (secondary N) is 2. The number of piperidine rings is 1. The van der Waals surface area contributed by atoms with Crippen molar-refractivity contribution in [2.24, 2.45) is 5.92 Å². The largest absolute Gasteiger partial charge is 0.350 e. The van der Waals surface area contributed by atoms with Crippen LogP contribution in [0.3, 0.4) is 0 Å². The van der Waals surface area contributed by atoms with Gasteiger partial charge < -0.3 is 15.5 Å². The van der Waals surface area contributed by atoms with Crippen LogP contribution in [0, 0.1) is 5.92 Å². The minimum absolute atomic E-state index is 0.0339. The smallest absolute Gasteiger partial charge is 0.237 e. The van der Waals surface area contributed by atoms with Gasteiger partial charge in [0.15, 0.2) is 0 Å². The fourth-order valence-electron chi connectivity index (χ4n) is 3.21. The average molecular weight is 289 g/mol. The van der Waals surface area contributed by atoms with Gasteiger partial charge in [-0.25, -0.2) is 9.97 Å². The summed E-state index contributed by atoms with van der Waals surface area (Å²) in [5, 5.41) is 6.48. The van der Waals surface area contributed by atoms with Crippen LogP contribution in [-0.2, 0) is 4.79 Å². The minimum atomic E-state index is -0.0339. The molecule has 0 aromatic carbocycles. The van der Waals surface area contributed by atoms with Gasteiger partial charge in [-0.1, -0.05) is 6.92 Å². The number of rotatable bonds is 3. The van der Waals surface area contributed by atoms with Gasteiger partial charge in [0.2, 0.25) is 11.9 Å². The second kappa shape index (κ2) is 6.39. The summed E-state index contributed by atoms with van der Waals surface area (Å²) in [6.07, 6.45) is 6.67. The number of anilines is 1. The Morgan fingerprint density at radius 1 is 1.38 bits per heavy atom. The first-order valence-electron chi connectivity index (χ1n) is 7.80. The number of nitrogens with zero attached hydrogens (tertiary/aromatic N) is 3. The van der Waals surface area contributed by atoms with Crippen molar-refractivity contribution in [2.75, 3.05) is 24.5 Å². The SMILES string of the molecule is CC1CCNC1C(=O)NC1CCCN(c2ncccn2)C1. The molecule has 0 spiro atoms. The molecule has 2 saturated heterocycles. The summed E-state index contributed by atoms with van der Waals surface area (Å²) in [7, 11) is 0. The van der Waals surface area contributed by atoms with Gasteiger partial charge in [-0.2, -0.15) is 0 Å². The molecule has 3 rings (SSSR count). The molecular weight excluding hydrogens is 266 g/mol. The highest BCUT2D eigenvalue weighted by Gasteiger charge is 2.31. The lowest BCUT2D eigenvalue weighted by molar-refractivity contribution is -0.124. The lowest BCUT2D eigenvalue weighted by Gasteiger charge is -2.33. The normalized spacial score (nSPS) is 29.4. The van der Waals surface area contributed by atoms with E-state index in [0.29, 0.717) is 5.92 Å². The van der Waals surface area contributed by atoms with Crippen LogP contribution in [0.25, 0.3) is 0 Å². The molecule has 0 saturated carbocycles. The van der Waals surface area contributed by atoms with E-state index in [2.05, 4.69) is 32.4 Å². The highest BCUT2D eigenvalue weighted by atomic mass is 16.2. The summed E-state index contributed by atoms with van der Waals surface area (Å²) in [4.78, 5) is 23.1. The van der Waals surface area contributed by atoms with E-state index in [1.807, 2.05) is 6.07 Å². The van der Waals surface area contributed by atoms with E-state index in [0.717, 1.165) is 44.8 Å². The molecule has 0 bridgehead atoms. The van der Waals surface area contributed by atoms with E-state index in [4.69, 9.17) is 0 Å². The van der Waals surface area contributed by atoms with Gasteiger partial charge in [-0.15, -0.1) is 0 Å². The Labute approximate surface area is 125 Å². The summed E-state index contributed by atoms with van der Waals surface area (Å²) in [5.41, 5.74) is 0. The second-order valence-electron chi connectivity index (χ2n) is 6.04. The fraction of sp³-hybridized carbons (Fsp3) is 0.667. The molecule has 2 N–H and O–H groups in total. The first-order chi connectivity index (χ1) is 10.2. The predicted octanol–water partition coefficient (Wildman–Crippen LogP) is 0.560. The van der Waals surface area contributed by atoms with Gasteiger partial charge >= 0.3 is 0 Å². The number of carbonyl (C=O) groups is 1. The standard InChI is InChI=1S/C15H23N5O/c1-11-5-8-16-13(11)14(21)19-12-4-2-9-20(10-12)15-17-6-3-7-18-15/h3,6-7,11-13,16H,2,4-5,8-10H2,1H3,(H,19,21). The van der Waals surface area contributed by atoms with Crippen molar-refractivity contribution in [3.05, 3.63) is 18.5 Å². The molecule has 114 valence electrons. The Hall–Kier alpha value is -1.69. The van der Waals surface area contributed by atoms with Crippen LogP contribution in [0.15, 0.2) is 18.5 Å². The number of hydrogen-bond donors (Lipinski definition) is 2. The summed E-state index contributed by atoms with van der Waals surface area (Å²) in [5.74, 6) is 1.31. The quantitative estimate of drug-likeness (QED) is 0.851. The number of aromatic nitrogens is 2. The molecule has 6 nitrogen and oxygen atoms in total. The zero-order valence-corrected chi connectivity index (χ0v) is 12.5. The third-order valence-corrected chi connectivity index (χ3v) is 4.42. The third kappa shape index (κ3) is 3.32. The van der Waals surface area contributed by atoms with Crippen LogP contribution in [-0.4, -0.2) is 47.6 Å². The van der Waals surface area contributed by atoms with E-state index in [9.17, 15) is 4.79 Å². The second-order valence-corrected chi connectivity index (χ2v) is 6.04. The summed E-state index contributed by atoms with van der Waals surface area (Å²) in [6.45, 7) is 4.81. The molecule has 2 aliphatic heterocycles. The molecule has 2 aliphatic rings. The van der Waals surface area contributed by atoms with Gasteiger partial charge in [-0.05, 0) is 37.8 Å². The van der Waals surface area contributed by atoms with Crippen LogP contribution in [0.5, 0.6) is 0 Å². The van der Waals surface area contributed by atoms with Gasteiger partial charge in [0.05, 0.1) is 6.04 Å². The first-order valence-corrected chi connectivity index (χ1v) is 7.80. The van der Waals surface area contributed by atoms with E-state index in [-0.39, 0.29) is 18.0 Å². The van der Waals surface area contributed by atoms with Crippen LogP contribution in [0.1, 0.15) is 26.2 Å². The molecular formula is C15H23N5O. The number of hydrogen-bond acceptors (Lipinski definition) is 5. The highest BCUT2D eigenvalue weighted by Crippen LogP contribution is 2.17. The molecule has 1 aromatic heterocycles. The predicted molar refractivity (Wildman–Crippen MR) is 81.0 cm³/mol. The third-order valence-electron chi connectivity index (χ3n) is 4.42. The van der Waals surface area contributed by atoms with Crippen molar-refractivity contribution in [1.29, 1.82) is 0 Å². The Morgan fingerprint density at radius 3 is 2.90 bits per heavy atom. The Morgan fingerprint density at radius 2 is 2.19 bits per heavy atom. The lowest BCUT2D eigenvalue weighted by Crippen LogP contribution is -2.53. The fourth-order valence-corrected chi connectivity index (χ4v) is 3.21. The molecule has 3 atom stereocenters. The Balaban J connectivity index is 1.57. The number of carbonyl (C=O) groups excluding carboxylic acids is 1. The van der Waals surface area contributed by atoms with Crippen molar-refractivity contribution < 1.29 is 4.79 Å². The highest BCUT2D eigenvalue weighted by molar-refractivity contribution is 5.82. The topological polar surface area (TPSA) is 70.2 Å². The van der Waals surface area contributed by atoms with Crippen molar-refractivity contribution in [1.82, 2.24) is 20.6 Å². The van der Waals surface area contributed by atoms with Gasteiger partial charge in [0, 0.05) is 31.5 Å². The maximum atomic E-state index is 12.3. The molecule has 2 fully saturated rings. The molecule has 3 unspecified atom stereocenters. The van der Waals surface area contributed by atoms with Crippen LogP contribution in [0.2, 0.25) is 0 Å². The maximum Gasteiger partial charge on any atom is 0.237 e. The monoisotopic (exact) mass is 289 g/mol. The van der Waals surface area contributed by atoms with Crippen LogP contribution in [0.4, 0.5) is 5.95 Å². The first kappa shape index (κ1) is 14.3. The maximum absolute atomic E-state index is 12.3. The molecule has 21 heavy (non-hydrogen) atoms. The zero-order chi connectivity index (χ0) is 14.7. The number of amides is 1. The van der Waals surface area contributed by atoms with E-state index in [1.165, 1.54) is 0 Å². The Bertz CT molecular complexity index is 480. The van der Waals surface area contributed by atoms with E-state index in [1.54, 1.807) is 12.4 Å². The van der Waals surface area contributed by atoms with Crippen LogP contribution >= 0.6 is 0 Å². The van der Waals surface area contributed by atoms with Crippen molar-refractivity contribution in [3.8, 4) is 0 Å². The molecule has 6 heteroatoms. The summed E-state index contributed by atoms with van der Waals surface area (Å²) in [6, 6.07) is 1.97. The van der Waals surface area contributed by atoms with Crippen molar-refractivity contribution >= 4 is 11.9 Å². The zero-order valence-electron chi connectivity index (χ0n) is 12.5. The molecule has 1 amide bonds. The van der Waals surface area contributed by atoms with Crippen molar-refractivity contribution in [3.63, 3.8) is 0 Å². The summed E-state index contributed by atoms with van der Waals surface area (Å²) < 4.78 is 0. The van der Waals surface area contributed by atoms with E-state index >= 15 is 0 Å². The van der Waals surface area contributed by atoms with Crippen LogP contribution < -0.4 is 15.5 Å². The minimum Gasteiger partial charge on any atom is -0.350 e. The van der Waals surface area contributed by atoms with E-state index < -0.39 is 0 Å². The molecule has 0 aliphatic carbocycles. The average Bonchev–Trinajstić information content (AvgIpc) is 2.95.